The van der Waals surface area contributed by atoms with Gasteiger partial charge in [-0.05, 0) is 62.6 Å². The van der Waals surface area contributed by atoms with E-state index in [2.05, 4.69) is 0 Å². The number of sulfonamides is 1. The first-order valence-corrected chi connectivity index (χ1v) is 9.29. The number of hydrogen-bond acceptors (Lipinski definition) is 3. The van der Waals surface area contributed by atoms with E-state index in [1.165, 1.54) is 4.31 Å². The average Bonchev–Trinajstić information content (AvgIpc) is 2.55. The molecule has 4 nitrogen and oxygen atoms in total. The molecule has 0 unspecified atom stereocenters. The molecule has 1 aliphatic heterocycles. The lowest BCUT2D eigenvalue weighted by molar-refractivity contribution is 0.288. The standard InChI is InChI=1S/C18H21NO3S/c1-14(2)19(16-8-4-3-5-9-16)23(20,21)17-10-11-18-15(13-17)7-6-12-22-18/h3-5,8-11,13-14H,6-7,12H2,1-2H3. The van der Waals surface area contributed by atoms with E-state index in [0.29, 0.717) is 17.2 Å². The number of ether oxygens (including phenoxy) is 1. The summed E-state index contributed by atoms with van der Waals surface area (Å²) in [5.41, 5.74) is 1.64. The fraction of sp³-hybridized carbons (Fsp3) is 0.333. The van der Waals surface area contributed by atoms with Gasteiger partial charge in [0.05, 0.1) is 17.2 Å². The molecule has 0 saturated heterocycles. The summed E-state index contributed by atoms with van der Waals surface area (Å²) in [6.07, 6.45) is 1.77. The fourth-order valence-corrected chi connectivity index (χ4v) is 4.61. The Morgan fingerprint density at radius 1 is 1.09 bits per heavy atom. The van der Waals surface area contributed by atoms with E-state index >= 15 is 0 Å². The van der Waals surface area contributed by atoms with E-state index in [9.17, 15) is 8.42 Å². The second kappa shape index (κ2) is 6.24. The fourth-order valence-electron chi connectivity index (χ4n) is 2.90. The third kappa shape index (κ3) is 3.06. The molecule has 2 aromatic carbocycles. The van der Waals surface area contributed by atoms with E-state index in [1.54, 1.807) is 18.2 Å². The molecule has 0 atom stereocenters. The SMILES string of the molecule is CC(C)N(c1ccccc1)S(=O)(=O)c1ccc2c(c1)CCCO2. The molecule has 23 heavy (non-hydrogen) atoms. The lowest BCUT2D eigenvalue weighted by Crippen LogP contribution is -2.37. The summed E-state index contributed by atoms with van der Waals surface area (Å²) in [6, 6.07) is 14.2. The Balaban J connectivity index is 2.05. The summed E-state index contributed by atoms with van der Waals surface area (Å²) >= 11 is 0. The first-order chi connectivity index (χ1) is 11.0. The highest BCUT2D eigenvalue weighted by atomic mass is 32.2. The number of aryl methyl sites for hydroxylation is 1. The Bertz CT molecular complexity index is 785. The van der Waals surface area contributed by atoms with E-state index in [1.807, 2.05) is 44.2 Å². The summed E-state index contributed by atoms with van der Waals surface area (Å²) in [5, 5.41) is 0. The van der Waals surface area contributed by atoms with Crippen molar-refractivity contribution in [2.24, 2.45) is 0 Å². The summed E-state index contributed by atoms with van der Waals surface area (Å²) in [5.74, 6) is 0.797. The van der Waals surface area contributed by atoms with E-state index in [4.69, 9.17) is 4.74 Å². The molecule has 1 aliphatic rings. The highest BCUT2D eigenvalue weighted by Crippen LogP contribution is 2.31. The molecular weight excluding hydrogens is 310 g/mol. The smallest absolute Gasteiger partial charge is 0.264 e. The van der Waals surface area contributed by atoms with Crippen molar-refractivity contribution in [2.45, 2.75) is 37.6 Å². The third-order valence-electron chi connectivity index (χ3n) is 3.92. The molecule has 0 aromatic heterocycles. The molecule has 0 radical (unpaired) electrons. The Kier molecular flexibility index (Phi) is 4.31. The largest absolute Gasteiger partial charge is 0.493 e. The summed E-state index contributed by atoms with van der Waals surface area (Å²) in [6.45, 7) is 4.46. The number of nitrogens with zero attached hydrogens (tertiary/aromatic N) is 1. The number of rotatable bonds is 4. The predicted molar refractivity (Wildman–Crippen MR) is 91.5 cm³/mol. The second-order valence-corrected chi connectivity index (χ2v) is 7.77. The van der Waals surface area contributed by atoms with Gasteiger partial charge in [-0.3, -0.25) is 4.31 Å². The van der Waals surface area contributed by atoms with Gasteiger partial charge in [0.1, 0.15) is 5.75 Å². The Morgan fingerprint density at radius 3 is 2.52 bits per heavy atom. The van der Waals surface area contributed by atoms with Gasteiger partial charge < -0.3 is 4.74 Å². The van der Waals surface area contributed by atoms with Crippen molar-refractivity contribution in [3.05, 3.63) is 54.1 Å². The first kappa shape index (κ1) is 15.9. The zero-order valence-corrected chi connectivity index (χ0v) is 14.2. The van der Waals surface area contributed by atoms with Crippen molar-refractivity contribution in [3.63, 3.8) is 0 Å². The minimum absolute atomic E-state index is 0.172. The van der Waals surface area contributed by atoms with Gasteiger partial charge in [-0.1, -0.05) is 18.2 Å². The van der Waals surface area contributed by atoms with Crippen LogP contribution in [-0.2, 0) is 16.4 Å². The summed E-state index contributed by atoms with van der Waals surface area (Å²) in [7, 11) is -3.61. The van der Waals surface area contributed by atoms with Crippen LogP contribution in [0.3, 0.4) is 0 Å². The van der Waals surface area contributed by atoms with E-state index in [-0.39, 0.29) is 6.04 Å². The van der Waals surface area contributed by atoms with Crippen LogP contribution in [0.4, 0.5) is 5.69 Å². The van der Waals surface area contributed by atoms with Crippen molar-refractivity contribution in [1.29, 1.82) is 0 Å². The van der Waals surface area contributed by atoms with Crippen LogP contribution in [-0.4, -0.2) is 21.1 Å². The van der Waals surface area contributed by atoms with Gasteiger partial charge in [-0.25, -0.2) is 8.42 Å². The average molecular weight is 331 g/mol. The molecule has 2 aromatic rings. The van der Waals surface area contributed by atoms with Gasteiger partial charge in [0, 0.05) is 6.04 Å². The third-order valence-corrected chi connectivity index (χ3v) is 5.92. The zero-order valence-electron chi connectivity index (χ0n) is 13.4. The highest BCUT2D eigenvalue weighted by molar-refractivity contribution is 7.92. The number of para-hydroxylation sites is 1. The normalized spacial score (nSPS) is 14.2. The van der Waals surface area contributed by atoms with Crippen LogP contribution in [0.25, 0.3) is 0 Å². The van der Waals surface area contributed by atoms with Crippen molar-refractivity contribution < 1.29 is 13.2 Å². The van der Waals surface area contributed by atoms with Gasteiger partial charge in [-0.2, -0.15) is 0 Å². The van der Waals surface area contributed by atoms with Crippen LogP contribution in [0.5, 0.6) is 5.75 Å². The van der Waals surface area contributed by atoms with Crippen molar-refractivity contribution in [2.75, 3.05) is 10.9 Å². The lowest BCUT2D eigenvalue weighted by atomic mass is 10.1. The molecule has 0 aliphatic carbocycles. The van der Waals surface area contributed by atoms with Gasteiger partial charge in [0.25, 0.3) is 10.0 Å². The quantitative estimate of drug-likeness (QED) is 0.860. The molecule has 3 rings (SSSR count). The second-order valence-electron chi connectivity index (χ2n) is 5.95. The van der Waals surface area contributed by atoms with Crippen LogP contribution >= 0.6 is 0 Å². The molecule has 0 amide bonds. The summed E-state index contributed by atoms with van der Waals surface area (Å²) in [4.78, 5) is 0.319. The van der Waals surface area contributed by atoms with Gasteiger partial charge in [-0.15, -0.1) is 0 Å². The zero-order chi connectivity index (χ0) is 16.4. The monoisotopic (exact) mass is 331 g/mol. The van der Waals surface area contributed by atoms with Crippen molar-refractivity contribution in [1.82, 2.24) is 0 Å². The van der Waals surface area contributed by atoms with Crippen molar-refractivity contribution in [3.8, 4) is 5.75 Å². The van der Waals surface area contributed by atoms with Crippen LogP contribution in [0.15, 0.2) is 53.4 Å². The highest BCUT2D eigenvalue weighted by Gasteiger charge is 2.28. The molecule has 0 fully saturated rings. The molecule has 0 spiro atoms. The van der Waals surface area contributed by atoms with Crippen molar-refractivity contribution >= 4 is 15.7 Å². The van der Waals surface area contributed by atoms with Gasteiger partial charge in [0.15, 0.2) is 0 Å². The molecule has 0 N–H and O–H groups in total. The maximum Gasteiger partial charge on any atom is 0.264 e. The maximum absolute atomic E-state index is 13.1. The first-order valence-electron chi connectivity index (χ1n) is 7.85. The van der Waals surface area contributed by atoms with Crippen LogP contribution < -0.4 is 9.04 Å². The Hall–Kier alpha value is -2.01. The van der Waals surface area contributed by atoms with Crippen LogP contribution in [0, 0.1) is 0 Å². The molecule has 122 valence electrons. The summed E-state index contributed by atoms with van der Waals surface area (Å²) < 4.78 is 33.3. The number of benzene rings is 2. The maximum atomic E-state index is 13.1. The Labute approximate surface area is 137 Å². The molecule has 0 bridgehead atoms. The Morgan fingerprint density at radius 2 is 1.83 bits per heavy atom. The van der Waals surface area contributed by atoms with E-state index in [0.717, 1.165) is 24.2 Å². The number of fused-ring (bicyclic) bond motifs is 1. The predicted octanol–water partition coefficient (Wildman–Crippen LogP) is 3.62. The minimum Gasteiger partial charge on any atom is -0.493 e. The van der Waals surface area contributed by atoms with Gasteiger partial charge >= 0.3 is 0 Å². The molecule has 0 saturated carbocycles. The molecule has 5 heteroatoms. The molecule has 1 heterocycles. The van der Waals surface area contributed by atoms with Crippen LogP contribution in [0.2, 0.25) is 0 Å². The topological polar surface area (TPSA) is 46.6 Å². The number of hydrogen-bond donors (Lipinski definition) is 0. The molecular formula is C18H21NO3S. The minimum atomic E-state index is -3.61. The number of anilines is 1. The van der Waals surface area contributed by atoms with Crippen LogP contribution in [0.1, 0.15) is 25.8 Å². The lowest BCUT2D eigenvalue weighted by Gasteiger charge is -2.29. The van der Waals surface area contributed by atoms with Gasteiger partial charge in [0.2, 0.25) is 0 Å². The van der Waals surface area contributed by atoms with E-state index < -0.39 is 10.0 Å².